The number of nitrogen functional groups attached to an aromatic ring is 1. The van der Waals surface area contributed by atoms with Gasteiger partial charge in [0.15, 0.2) is 0 Å². The molecule has 0 saturated carbocycles. The van der Waals surface area contributed by atoms with Crippen LogP contribution in [0, 0.1) is 0 Å². The smallest absolute Gasteiger partial charge is 0.254 e. The number of rotatable bonds is 1. The van der Waals surface area contributed by atoms with Crippen LogP contribution in [0.15, 0.2) is 53.5 Å². The van der Waals surface area contributed by atoms with E-state index in [4.69, 9.17) is 26.8 Å². The minimum absolute atomic E-state index is 0.139. The summed E-state index contributed by atoms with van der Waals surface area (Å²) in [5.74, 6) is 1.87. The molecule has 0 aliphatic carbocycles. The molecule has 1 aliphatic rings. The predicted octanol–water partition coefficient (Wildman–Crippen LogP) is 4.29. The molecule has 3 aromatic rings. The molecule has 7 heteroatoms. The van der Waals surface area contributed by atoms with E-state index in [1.165, 1.54) is 10.6 Å². The first kappa shape index (κ1) is 20.3. The van der Waals surface area contributed by atoms with Gasteiger partial charge in [0.2, 0.25) is 0 Å². The lowest BCUT2D eigenvalue weighted by Crippen LogP contribution is -2.28. The Bertz CT molecular complexity index is 1140. The van der Waals surface area contributed by atoms with E-state index in [2.05, 4.69) is 11.8 Å². The number of nitrogens with zero attached hydrogens (tertiary/aromatic N) is 2. The first-order chi connectivity index (χ1) is 14.4. The van der Waals surface area contributed by atoms with Gasteiger partial charge >= 0.3 is 0 Å². The molecule has 2 N–H and O–H groups in total. The Balaban J connectivity index is 1.93. The zero-order chi connectivity index (χ0) is 21.3. The van der Waals surface area contributed by atoms with Gasteiger partial charge in [0.1, 0.15) is 23.9 Å². The molecule has 0 fully saturated rings. The molecule has 1 aliphatic heterocycles. The lowest BCUT2D eigenvalue weighted by Gasteiger charge is -2.24. The maximum Gasteiger partial charge on any atom is 0.254 e. The number of likely N-dealkylation sites (N-methyl/N-ethyl adjacent to an activating group) is 1. The number of halogens is 1. The monoisotopic (exact) mass is 425 g/mol. The van der Waals surface area contributed by atoms with Gasteiger partial charge in [0.25, 0.3) is 5.56 Å². The van der Waals surface area contributed by atoms with Gasteiger partial charge in [-0.25, -0.2) is 0 Å². The number of ether oxygens (including phenoxy) is 2. The lowest BCUT2D eigenvalue weighted by atomic mass is 10.0. The Labute approximate surface area is 180 Å². The SMILES string of the molecule is CCN1CCOc2cc(=O)n(C)cc2-c2cc(N)ccc2Oc2ccc(Cl)cc2C1. The number of hydrogen-bond acceptors (Lipinski definition) is 5. The first-order valence-electron chi connectivity index (χ1n) is 9.86. The maximum absolute atomic E-state index is 12.3. The Morgan fingerprint density at radius 1 is 1.07 bits per heavy atom. The average Bonchev–Trinajstić information content (AvgIpc) is 2.72. The standard InChI is InChI=1S/C23H24ClN3O3/c1-3-27-8-9-29-22-12-23(28)26(2)14-19(22)18-11-17(25)5-7-21(18)30-20-6-4-16(24)10-15(20)13-27/h4-7,10-12,14H,3,8-9,13,25H2,1-2H3. The number of anilines is 1. The van der Waals surface area contributed by atoms with E-state index in [0.717, 1.165) is 29.0 Å². The van der Waals surface area contributed by atoms with Crippen LogP contribution in [0.1, 0.15) is 12.5 Å². The second kappa shape index (κ2) is 8.42. The fraction of sp³-hybridized carbons (Fsp3) is 0.261. The highest BCUT2D eigenvalue weighted by Crippen LogP contribution is 2.40. The Morgan fingerprint density at radius 2 is 1.87 bits per heavy atom. The van der Waals surface area contributed by atoms with Crippen LogP contribution in [0.3, 0.4) is 0 Å². The molecular formula is C23H24ClN3O3. The molecule has 0 spiro atoms. The van der Waals surface area contributed by atoms with Gasteiger partial charge in [-0.05, 0) is 42.9 Å². The molecule has 0 radical (unpaired) electrons. The number of hydrogen-bond donors (Lipinski definition) is 1. The highest BCUT2D eigenvalue weighted by molar-refractivity contribution is 6.30. The summed E-state index contributed by atoms with van der Waals surface area (Å²) in [5, 5.41) is 0.662. The molecule has 6 nitrogen and oxygen atoms in total. The molecule has 1 aromatic heterocycles. The summed E-state index contributed by atoms with van der Waals surface area (Å²) in [6.45, 7) is 4.75. The van der Waals surface area contributed by atoms with Gasteiger partial charge in [-0.2, -0.15) is 0 Å². The topological polar surface area (TPSA) is 69.7 Å². The van der Waals surface area contributed by atoms with Gasteiger partial charge in [0.05, 0.1) is 0 Å². The first-order valence-corrected chi connectivity index (χ1v) is 10.2. The van der Waals surface area contributed by atoms with Crippen LogP contribution < -0.4 is 20.8 Å². The van der Waals surface area contributed by atoms with Crippen molar-refractivity contribution in [1.29, 1.82) is 0 Å². The van der Waals surface area contributed by atoms with E-state index in [9.17, 15) is 4.79 Å². The highest BCUT2D eigenvalue weighted by Gasteiger charge is 2.19. The molecular weight excluding hydrogens is 402 g/mol. The van der Waals surface area contributed by atoms with Gasteiger partial charge < -0.3 is 19.8 Å². The minimum Gasteiger partial charge on any atom is -0.491 e. The summed E-state index contributed by atoms with van der Waals surface area (Å²) in [4.78, 5) is 14.5. The van der Waals surface area contributed by atoms with Crippen LogP contribution in [0.25, 0.3) is 11.1 Å². The van der Waals surface area contributed by atoms with E-state index in [0.29, 0.717) is 41.9 Å². The van der Waals surface area contributed by atoms with Crippen LogP contribution >= 0.6 is 11.6 Å². The average molecular weight is 426 g/mol. The van der Waals surface area contributed by atoms with E-state index in [1.54, 1.807) is 19.3 Å². The molecule has 30 heavy (non-hydrogen) atoms. The van der Waals surface area contributed by atoms with Gasteiger partial charge in [-0.3, -0.25) is 9.69 Å². The second-order valence-corrected chi connectivity index (χ2v) is 7.76. The third-order valence-corrected chi connectivity index (χ3v) is 5.47. The molecule has 0 amide bonds. The summed E-state index contributed by atoms with van der Waals surface area (Å²) in [6.07, 6.45) is 1.76. The Morgan fingerprint density at radius 3 is 2.67 bits per heavy atom. The summed E-state index contributed by atoms with van der Waals surface area (Å²) in [7, 11) is 1.71. The molecule has 0 unspecified atom stereocenters. The normalized spacial score (nSPS) is 14.2. The van der Waals surface area contributed by atoms with E-state index < -0.39 is 0 Å². The minimum atomic E-state index is -0.139. The Kier molecular flexibility index (Phi) is 5.70. The molecule has 2 heterocycles. The highest BCUT2D eigenvalue weighted by atomic mass is 35.5. The van der Waals surface area contributed by atoms with Crippen LogP contribution in [0.2, 0.25) is 5.02 Å². The van der Waals surface area contributed by atoms with E-state index >= 15 is 0 Å². The lowest BCUT2D eigenvalue weighted by molar-refractivity contribution is 0.208. The van der Waals surface area contributed by atoms with E-state index in [1.807, 2.05) is 30.3 Å². The van der Waals surface area contributed by atoms with Crippen molar-refractivity contribution < 1.29 is 9.47 Å². The fourth-order valence-electron chi connectivity index (χ4n) is 3.55. The summed E-state index contributed by atoms with van der Waals surface area (Å²) < 4.78 is 13.9. The quantitative estimate of drug-likeness (QED) is 0.589. The van der Waals surface area contributed by atoms with Crippen molar-refractivity contribution in [3.8, 4) is 28.4 Å². The molecule has 4 rings (SSSR count). The van der Waals surface area contributed by atoms with Crippen molar-refractivity contribution in [3.05, 3.63) is 69.6 Å². The zero-order valence-electron chi connectivity index (χ0n) is 17.0. The third kappa shape index (κ3) is 4.15. The summed E-state index contributed by atoms with van der Waals surface area (Å²) in [5.41, 5.74) is 9.04. The van der Waals surface area contributed by atoms with Crippen molar-refractivity contribution >= 4 is 17.3 Å². The number of nitrogens with two attached hydrogens (primary N) is 1. The molecule has 0 bridgehead atoms. The number of fused-ring (bicyclic) bond motifs is 4. The number of pyridine rings is 1. The van der Waals surface area contributed by atoms with Crippen molar-refractivity contribution in [3.63, 3.8) is 0 Å². The van der Waals surface area contributed by atoms with Crippen molar-refractivity contribution in [2.75, 3.05) is 25.4 Å². The van der Waals surface area contributed by atoms with Crippen LogP contribution in [0.4, 0.5) is 5.69 Å². The molecule has 2 aromatic carbocycles. The zero-order valence-corrected chi connectivity index (χ0v) is 17.8. The van der Waals surface area contributed by atoms with Crippen LogP contribution in [-0.4, -0.2) is 29.2 Å². The summed E-state index contributed by atoms with van der Waals surface area (Å²) >= 11 is 6.27. The molecule has 0 saturated heterocycles. The molecule has 156 valence electrons. The van der Waals surface area contributed by atoms with Crippen molar-refractivity contribution in [2.24, 2.45) is 7.05 Å². The van der Waals surface area contributed by atoms with E-state index in [-0.39, 0.29) is 5.56 Å². The molecule has 0 atom stereocenters. The second-order valence-electron chi connectivity index (χ2n) is 7.33. The number of aryl methyl sites for hydroxylation is 1. The van der Waals surface area contributed by atoms with Crippen molar-refractivity contribution in [1.82, 2.24) is 9.47 Å². The maximum atomic E-state index is 12.3. The number of aromatic nitrogens is 1. The summed E-state index contributed by atoms with van der Waals surface area (Å²) in [6, 6.07) is 12.6. The Hall–Kier alpha value is -2.96. The third-order valence-electron chi connectivity index (χ3n) is 5.23. The fourth-order valence-corrected chi connectivity index (χ4v) is 3.74. The van der Waals surface area contributed by atoms with Crippen molar-refractivity contribution in [2.45, 2.75) is 13.5 Å². The van der Waals surface area contributed by atoms with Gasteiger partial charge in [0, 0.05) is 59.8 Å². The van der Waals surface area contributed by atoms with Gasteiger partial charge in [-0.1, -0.05) is 18.5 Å². The van der Waals surface area contributed by atoms with Crippen LogP contribution in [-0.2, 0) is 13.6 Å². The van der Waals surface area contributed by atoms with Crippen LogP contribution in [0.5, 0.6) is 17.2 Å². The predicted molar refractivity (Wildman–Crippen MR) is 120 cm³/mol. The van der Waals surface area contributed by atoms with Gasteiger partial charge in [-0.15, -0.1) is 0 Å². The number of benzene rings is 2. The largest absolute Gasteiger partial charge is 0.491 e.